The molecule has 3 saturated carbocycles. The van der Waals surface area contributed by atoms with Crippen LogP contribution in [0.15, 0.2) is 42.0 Å². The van der Waals surface area contributed by atoms with Crippen LogP contribution in [0.25, 0.3) is 0 Å². The Balaban J connectivity index is 1.33. The summed E-state index contributed by atoms with van der Waals surface area (Å²) >= 11 is 0. The van der Waals surface area contributed by atoms with Crippen molar-refractivity contribution in [3.63, 3.8) is 0 Å². The highest BCUT2D eigenvalue weighted by molar-refractivity contribution is 5.89. The quantitative estimate of drug-likeness (QED) is 0.424. The van der Waals surface area contributed by atoms with Gasteiger partial charge in [-0.05, 0) is 80.2 Å². The van der Waals surface area contributed by atoms with Gasteiger partial charge in [0.2, 0.25) is 0 Å². The van der Waals surface area contributed by atoms with Crippen molar-refractivity contribution >= 4 is 11.9 Å². The fourth-order valence-electron chi connectivity index (χ4n) is 7.88. The van der Waals surface area contributed by atoms with Gasteiger partial charge in [0.25, 0.3) is 0 Å². The molecule has 5 rings (SSSR count). The second-order valence-corrected chi connectivity index (χ2v) is 11.1. The standard InChI is InChI=1S/C28H36O4/c1-18(29)31-21-13-15-27(2)20(17-21)9-10-22-23-11-12-25(28(23,3)16-14-24(22)27)32-26(30)19-7-5-4-6-8-19/h4-9,21-25H,10-17H2,1-3H3/t21-,22-,23-,24+,25-,27-,28-/m0/s1. The maximum Gasteiger partial charge on any atom is 0.338 e. The van der Waals surface area contributed by atoms with Gasteiger partial charge >= 0.3 is 11.9 Å². The number of fused-ring (bicyclic) bond motifs is 5. The average Bonchev–Trinajstić information content (AvgIpc) is 3.10. The highest BCUT2D eigenvalue weighted by Gasteiger charge is 2.59. The van der Waals surface area contributed by atoms with E-state index < -0.39 is 0 Å². The third kappa shape index (κ3) is 3.50. The molecule has 3 fully saturated rings. The lowest BCUT2D eigenvalue weighted by atomic mass is 9.48. The Hall–Kier alpha value is -2.10. The van der Waals surface area contributed by atoms with Crippen molar-refractivity contribution in [3.8, 4) is 0 Å². The van der Waals surface area contributed by atoms with E-state index in [-0.39, 0.29) is 35.0 Å². The predicted octanol–water partition coefficient (Wildman–Crippen LogP) is 6.11. The van der Waals surface area contributed by atoms with Crippen molar-refractivity contribution in [2.24, 2.45) is 28.6 Å². The Labute approximate surface area is 191 Å². The largest absolute Gasteiger partial charge is 0.462 e. The maximum atomic E-state index is 12.8. The fraction of sp³-hybridized carbons (Fsp3) is 0.643. The number of carbonyl (C=O) groups is 2. The lowest BCUT2D eigenvalue weighted by molar-refractivity contribution is -0.148. The van der Waals surface area contributed by atoms with E-state index >= 15 is 0 Å². The molecule has 172 valence electrons. The van der Waals surface area contributed by atoms with Gasteiger partial charge in [0.05, 0.1) is 5.56 Å². The second-order valence-electron chi connectivity index (χ2n) is 11.1. The van der Waals surface area contributed by atoms with Crippen molar-refractivity contribution in [1.82, 2.24) is 0 Å². The number of rotatable bonds is 3. The minimum Gasteiger partial charge on any atom is -0.462 e. The molecule has 0 aliphatic heterocycles. The molecule has 0 N–H and O–H groups in total. The topological polar surface area (TPSA) is 52.6 Å². The second kappa shape index (κ2) is 8.04. The summed E-state index contributed by atoms with van der Waals surface area (Å²) in [6, 6.07) is 9.40. The van der Waals surface area contributed by atoms with Crippen LogP contribution in [-0.2, 0) is 14.3 Å². The normalized spacial score (nSPS) is 40.3. The van der Waals surface area contributed by atoms with Crippen LogP contribution in [-0.4, -0.2) is 24.1 Å². The Bertz CT molecular complexity index is 921. The number of benzene rings is 1. The Morgan fingerprint density at radius 1 is 0.938 bits per heavy atom. The Morgan fingerprint density at radius 2 is 1.72 bits per heavy atom. The lowest BCUT2D eigenvalue weighted by Gasteiger charge is -2.57. The SMILES string of the molecule is CC(=O)O[C@H]1CC[C@@]2(C)C(=CC[C@@H]3[C@H]2CC[C@]2(C)[C@@H](OC(=O)c4ccccc4)CC[C@@H]32)C1. The monoisotopic (exact) mass is 436 g/mol. The summed E-state index contributed by atoms with van der Waals surface area (Å²) < 4.78 is 11.7. The van der Waals surface area contributed by atoms with E-state index in [1.54, 1.807) is 0 Å². The van der Waals surface area contributed by atoms with Crippen LogP contribution in [0.1, 0.15) is 82.5 Å². The van der Waals surface area contributed by atoms with Crippen molar-refractivity contribution < 1.29 is 19.1 Å². The third-order valence-corrected chi connectivity index (χ3v) is 9.56. The summed E-state index contributed by atoms with van der Waals surface area (Å²) in [5.41, 5.74) is 2.46. The van der Waals surface area contributed by atoms with E-state index in [2.05, 4.69) is 19.9 Å². The molecule has 1 aromatic carbocycles. The number of esters is 2. The van der Waals surface area contributed by atoms with Gasteiger partial charge in [-0.2, -0.15) is 0 Å². The molecule has 4 heteroatoms. The van der Waals surface area contributed by atoms with E-state index in [0.717, 1.165) is 44.9 Å². The molecule has 0 radical (unpaired) electrons. The van der Waals surface area contributed by atoms with Crippen molar-refractivity contribution in [2.75, 3.05) is 0 Å². The molecule has 0 saturated heterocycles. The van der Waals surface area contributed by atoms with Gasteiger partial charge in [-0.3, -0.25) is 4.79 Å². The molecule has 0 spiro atoms. The Morgan fingerprint density at radius 3 is 2.47 bits per heavy atom. The van der Waals surface area contributed by atoms with Gasteiger partial charge in [0, 0.05) is 18.8 Å². The van der Waals surface area contributed by atoms with Crippen LogP contribution in [0.5, 0.6) is 0 Å². The molecule has 1 aromatic rings. The summed E-state index contributed by atoms with van der Waals surface area (Å²) in [6.07, 6.45) is 11.1. The number of allylic oxidation sites excluding steroid dienone is 1. The van der Waals surface area contributed by atoms with Crippen LogP contribution < -0.4 is 0 Å². The summed E-state index contributed by atoms with van der Waals surface area (Å²) in [5, 5.41) is 0. The molecule has 0 aromatic heterocycles. The number of hydrogen-bond acceptors (Lipinski definition) is 4. The van der Waals surface area contributed by atoms with Crippen LogP contribution in [0.2, 0.25) is 0 Å². The van der Waals surface area contributed by atoms with Gasteiger partial charge in [0.15, 0.2) is 0 Å². The maximum absolute atomic E-state index is 12.8. The van der Waals surface area contributed by atoms with Crippen LogP contribution in [0, 0.1) is 28.6 Å². The molecule has 4 aliphatic rings. The number of carbonyl (C=O) groups excluding carboxylic acids is 2. The molecule has 4 aliphatic carbocycles. The first-order chi connectivity index (χ1) is 15.3. The van der Waals surface area contributed by atoms with Gasteiger partial charge in [-0.15, -0.1) is 0 Å². The van der Waals surface area contributed by atoms with Gasteiger partial charge in [0.1, 0.15) is 12.2 Å². The first kappa shape index (κ1) is 21.7. The predicted molar refractivity (Wildman–Crippen MR) is 123 cm³/mol. The molecule has 0 bridgehead atoms. The zero-order valence-electron chi connectivity index (χ0n) is 19.6. The van der Waals surface area contributed by atoms with Gasteiger partial charge in [-0.1, -0.05) is 43.7 Å². The van der Waals surface area contributed by atoms with Crippen LogP contribution >= 0.6 is 0 Å². The highest BCUT2D eigenvalue weighted by Crippen LogP contribution is 2.65. The summed E-state index contributed by atoms with van der Waals surface area (Å²) in [7, 11) is 0. The summed E-state index contributed by atoms with van der Waals surface area (Å²) in [4.78, 5) is 24.2. The molecular formula is C28H36O4. The minimum atomic E-state index is -0.179. The van der Waals surface area contributed by atoms with E-state index in [9.17, 15) is 9.59 Å². The van der Waals surface area contributed by atoms with Gasteiger partial charge < -0.3 is 9.47 Å². The van der Waals surface area contributed by atoms with E-state index in [1.807, 2.05) is 30.3 Å². The molecule has 7 atom stereocenters. The minimum absolute atomic E-state index is 0.0130. The lowest BCUT2D eigenvalue weighted by Crippen LogP contribution is -2.51. The number of ether oxygens (including phenoxy) is 2. The zero-order valence-corrected chi connectivity index (χ0v) is 19.6. The van der Waals surface area contributed by atoms with E-state index in [0.29, 0.717) is 23.3 Å². The van der Waals surface area contributed by atoms with Crippen molar-refractivity contribution in [1.29, 1.82) is 0 Å². The summed E-state index contributed by atoms with van der Waals surface area (Å²) in [5.74, 6) is 1.61. The Kier molecular flexibility index (Phi) is 5.46. The smallest absolute Gasteiger partial charge is 0.338 e. The van der Waals surface area contributed by atoms with Crippen LogP contribution in [0.3, 0.4) is 0 Å². The average molecular weight is 437 g/mol. The highest BCUT2D eigenvalue weighted by atomic mass is 16.5. The van der Waals surface area contributed by atoms with Crippen molar-refractivity contribution in [3.05, 3.63) is 47.5 Å². The summed E-state index contributed by atoms with van der Waals surface area (Å²) in [6.45, 7) is 6.36. The van der Waals surface area contributed by atoms with E-state index in [1.165, 1.54) is 18.9 Å². The molecule has 0 unspecified atom stereocenters. The van der Waals surface area contributed by atoms with E-state index in [4.69, 9.17) is 9.47 Å². The molecule has 4 nitrogen and oxygen atoms in total. The molecular weight excluding hydrogens is 400 g/mol. The van der Waals surface area contributed by atoms with Crippen LogP contribution in [0.4, 0.5) is 0 Å². The fourth-order valence-corrected chi connectivity index (χ4v) is 7.88. The zero-order chi connectivity index (χ0) is 22.5. The van der Waals surface area contributed by atoms with Gasteiger partial charge in [-0.25, -0.2) is 4.79 Å². The molecule has 0 heterocycles. The number of hydrogen-bond donors (Lipinski definition) is 0. The third-order valence-electron chi connectivity index (χ3n) is 9.56. The van der Waals surface area contributed by atoms with Crippen molar-refractivity contribution in [2.45, 2.75) is 84.3 Å². The molecule has 32 heavy (non-hydrogen) atoms. The first-order valence-corrected chi connectivity index (χ1v) is 12.4. The first-order valence-electron chi connectivity index (χ1n) is 12.4. The molecule has 0 amide bonds.